The van der Waals surface area contributed by atoms with E-state index in [-0.39, 0.29) is 5.82 Å². The molecule has 1 heteroatoms. The van der Waals surface area contributed by atoms with Crippen molar-refractivity contribution in [2.75, 3.05) is 0 Å². The molecule has 2 atom stereocenters. The van der Waals surface area contributed by atoms with E-state index < -0.39 is 0 Å². The summed E-state index contributed by atoms with van der Waals surface area (Å²) in [7, 11) is 0. The lowest BCUT2D eigenvalue weighted by Gasteiger charge is -2.16. The standard InChI is InChI=1S/C17H23F/c1-5-15-11-17(15,6-2)13(4)9-14-10-16(18)8-7-12(14)3/h7-10,15H,5-6,11H2,1-4H3/b13-9+. The number of allylic oxidation sites excluding steroid dienone is 1. The van der Waals surface area contributed by atoms with Gasteiger partial charge in [-0.3, -0.25) is 0 Å². The smallest absolute Gasteiger partial charge is 0.123 e. The summed E-state index contributed by atoms with van der Waals surface area (Å²) in [5.41, 5.74) is 4.00. The summed E-state index contributed by atoms with van der Waals surface area (Å²) in [6.45, 7) is 8.79. The third kappa shape index (κ3) is 2.23. The fourth-order valence-electron chi connectivity index (χ4n) is 3.25. The van der Waals surface area contributed by atoms with Gasteiger partial charge in [0.25, 0.3) is 0 Å². The Morgan fingerprint density at radius 3 is 2.72 bits per heavy atom. The molecule has 18 heavy (non-hydrogen) atoms. The van der Waals surface area contributed by atoms with Crippen LogP contribution in [0.4, 0.5) is 4.39 Å². The van der Waals surface area contributed by atoms with Gasteiger partial charge in [-0.15, -0.1) is 0 Å². The molecule has 98 valence electrons. The molecule has 0 radical (unpaired) electrons. The number of hydrogen-bond donors (Lipinski definition) is 0. The molecule has 0 aliphatic heterocycles. The average Bonchev–Trinajstić information content (AvgIpc) is 3.09. The second-order valence-corrected chi connectivity index (χ2v) is 5.65. The first kappa shape index (κ1) is 13.3. The van der Waals surface area contributed by atoms with Crippen molar-refractivity contribution in [3.05, 3.63) is 40.7 Å². The van der Waals surface area contributed by atoms with Crippen molar-refractivity contribution in [3.63, 3.8) is 0 Å². The molecule has 1 saturated carbocycles. The quantitative estimate of drug-likeness (QED) is 0.670. The maximum Gasteiger partial charge on any atom is 0.123 e. The molecule has 0 bridgehead atoms. The zero-order valence-corrected chi connectivity index (χ0v) is 11.9. The van der Waals surface area contributed by atoms with E-state index in [4.69, 9.17) is 0 Å². The van der Waals surface area contributed by atoms with Gasteiger partial charge in [0.1, 0.15) is 5.82 Å². The molecule has 0 N–H and O–H groups in total. The van der Waals surface area contributed by atoms with Crippen LogP contribution in [0.5, 0.6) is 0 Å². The third-order valence-corrected chi connectivity index (χ3v) is 4.75. The molecule has 0 nitrogen and oxygen atoms in total. The second-order valence-electron chi connectivity index (χ2n) is 5.65. The van der Waals surface area contributed by atoms with E-state index >= 15 is 0 Å². The minimum atomic E-state index is -0.145. The van der Waals surface area contributed by atoms with Gasteiger partial charge in [-0.2, -0.15) is 0 Å². The van der Waals surface area contributed by atoms with Gasteiger partial charge < -0.3 is 0 Å². The Labute approximate surface area is 110 Å². The van der Waals surface area contributed by atoms with E-state index in [9.17, 15) is 4.39 Å². The van der Waals surface area contributed by atoms with Crippen LogP contribution in [-0.2, 0) is 0 Å². The van der Waals surface area contributed by atoms with Gasteiger partial charge >= 0.3 is 0 Å². The summed E-state index contributed by atoms with van der Waals surface area (Å²) < 4.78 is 13.3. The van der Waals surface area contributed by atoms with Crippen LogP contribution in [0, 0.1) is 24.1 Å². The number of benzene rings is 1. The van der Waals surface area contributed by atoms with E-state index in [0.29, 0.717) is 5.41 Å². The maximum atomic E-state index is 13.3. The molecule has 1 fully saturated rings. The normalized spacial score (nSPS) is 27.4. The summed E-state index contributed by atoms with van der Waals surface area (Å²) in [4.78, 5) is 0. The highest BCUT2D eigenvalue weighted by molar-refractivity contribution is 5.58. The molecular weight excluding hydrogens is 223 g/mol. The maximum absolute atomic E-state index is 13.3. The topological polar surface area (TPSA) is 0 Å². The summed E-state index contributed by atoms with van der Waals surface area (Å²) >= 11 is 0. The average molecular weight is 246 g/mol. The fraction of sp³-hybridized carbons (Fsp3) is 0.529. The first-order chi connectivity index (χ1) is 8.53. The Bertz CT molecular complexity index is 472. The van der Waals surface area contributed by atoms with E-state index in [2.05, 4.69) is 26.8 Å². The van der Waals surface area contributed by atoms with Crippen LogP contribution in [0.1, 0.15) is 51.2 Å². The molecule has 0 heterocycles. The molecule has 1 aliphatic rings. The van der Waals surface area contributed by atoms with Gasteiger partial charge in [0.05, 0.1) is 0 Å². The van der Waals surface area contributed by atoms with E-state index in [0.717, 1.165) is 17.0 Å². The lowest BCUT2D eigenvalue weighted by molar-refractivity contribution is 0.509. The molecule has 1 aliphatic carbocycles. The summed E-state index contributed by atoms with van der Waals surface area (Å²) in [6, 6.07) is 5.03. The van der Waals surface area contributed by atoms with Crippen molar-refractivity contribution in [2.24, 2.45) is 11.3 Å². The minimum absolute atomic E-state index is 0.145. The van der Waals surface area contributed by atoms with Gasteiger partial charge in [0, 0.05) is 0 Å². The summed E-state index contributed by atoms with van der Waals surface area (Å²) in [5.74, 6) is 0.681. The Hall–Kier alpha value is -1.11. The van der Waals surface area contributed by atoms with E-state index in [1.54, 1.807) is 6.07 Å². The predicted octanol–water partition coefficient (Wildman–Crippen LogP) is 5.36. The highest BCUT2D eigenvalue weighted by Crippen LogP contribution is 2.61. The van der Waals surface area contributed by atoms with E-state index in [1.165, 1.54) is 30.9 Å². The molecule has 0 saturated heterocycles. The molecule has 2 rings (SSSR count). The minimum Gasteiger partial charge on any atom is -0.207 e. The van der Waals surface area contributed by atoms with Crippen LogP contribution >= 0.6 is 0 Å². The first-order valence-electron chi connectivity index (χ1n) is 6.98. The zero-order chi connectivity index (χ0) is 13.3. The number of aryl methyl sites for hydroxylation is 1. The lowest BCUT2D eigenvalue weighted by Crippen LogP contribution is -2.04. The van der Waals surface area contributed by atoms with Gasteiger partial charge in [-0.25, -0.2) is 4.39 Å². The van der Waals surface area contributed by atoms with Crippen LogP contribution in [0.25, 0.3) is 6.08 Å². The lowest BCUT2D eigenvalue weighted by atomic mass is 9.88. The number of halogens is 1. The van der Waals surface area contributed by atoms with Crippen LogP contribution in [-0.4, -0.2) is 0 Å². The molecule has 0 spiro atoms. The molecule has 0 aromatic heterocycles. The van der Waals surface area contributed by atoms with Gasteiger partial charge in [-0.1, -0.05) is 38.0 Å². The van der Waals surface area contributed by atoms with Crippen LogP contribution < -0.4 is 0 Å². The number of rotatable bonds is 4. The Balaban J connectivity index is 2.30. The van der Waals surface area contributed by atoms with E-state index in [1.807, 2.05) is 13.0 Å². The first-order valence-corrected chi connectivity index (χ1v) is 6.98. The molecule has 0 amide bonds. The van der Waals surface area contributed by atoms with Gasteiger partial charge in [0.2, 0.25) is 0 Å². The SMILES string of the molecule is CCC1CC1(CC)/C(C)=C/c1cc(F)ccc1C. The van der Waals surface area contributed by atoms with Crippen molar-refractivity contribution in [3.8, 4) is 0 Å². The van der Waals surface area contributed by atoms with Crippen molar-refractivity contribution in [1.82, 2.24) is 0 Å². The molecule has 2 unspecified atom stereocenters. The monoisotopic (exact) mass is 246 g/mol. The van der Waals surface area contributed by atoms with Crippen LogP contribution in [0.3, 0.4) is 0 Å². The number of hydrogen-bond acceptors (Lipinski definition) is 0. The van der Waals surface area contributed by atoms with Crippen molar-refractivity contribution < 1.29 is 4.39 Å². The van der Waals surface area contributed by atoms with Crippen molar-refractivity contribution in [1.29, 1.82) is 0 Å². The second kappa shape index (κ2) is 4.87. The Morgan fingerprint density at radius 2 is 2.17 bits per heavy atom. The van der Waals surface area contributed by atoms with Crippen molar-refractivity contribution in [2.45, 2.75) is 47.0 Å². The largest absolute Gasteiger partial charge is 0.207 e. The highest BCUT2D eigenvalue weighted by Gasteiger charge is 2.51. The summed E-state index contributed by atoms with van der Waals surface area (Å²) in [5, 5.41) is 0. The highest BCUT2D eigenvalue weighted by atomic mass is 19.1. The van der Waals surface area contributed by atoms with Gasteiger partial charge in [-0.05, 0) is 61.3 Å². The molecule has 1 aromatic rings. The Morgan fingerprint density at radius 1 is 1.44 bits per heavy atom. The molecule has 1 aromatic carbocycles. The Kier molecular flexibility index (Phi) is 3.61. The summed E-state index contributed by atoms with van der Waals surface area (Å²) in [6.07, 6.45) is 5.94. The zero-order valence-electron chi connectivity index (χ0n) is 11.9. The van der Waals surface area contributed by atoms with Gasteiger partial charge in [0.15, 0.2) is 0 Å². The fourth-order valence-corrected chi connectivity index (χ4v) is 3.25. The van der Waals surface area contributed by atoms with Crippen LogP contribution in [0.15, 0.2) is 23.8 Å². The predicted molar refractivity (Wildman–Crippen MR) is 75.9 cm³/mol. The van der Waals surface area contributed by atoms with Crippen LogP contribution in [0.2, 0.25) is 0 Å². The molecular formula is C17H23F. The van der Waals surface area contributed by atoms with Crippen molar-refractivity contribution >= 4 is 6.08 Å². The third-order valence-electron chi connectivity index (χ3n) is 4.75.